The number of hydrogen-bond donors (Lipinski definition) is 0. The van der Waals surface area contributed by atoms with E-state index in [2.05, 4.69) is 91.1 Å². The van der Waals surface area contributed by atoms with Gasteiger partial charge in [0.05, 0.1) is 13.2 Å². The Morgan fingerprint density at radius 1 is 0.970 bits per heavy atom. The molecule has 0 saturated heterocycles. The Balaban J connectivity index is 1.42. The summed E-state index contributed by atoms with van der Waals surface area (Å²) in [5.74, 6) is 2.84. The monoisotopic (exact) mass is 458 g/mol. The lowest BCUT2D eigenvalue weighted by atomic mass is 9.84. The molecule has 4 heteroatoms. The normalized spacial score (nSPS) is 17.3. The summed E-state index contributed by atoms with van der Waals surface area (Å²) in [7, 11) is 0. The van der Waals surface area contributed by atoms with E-state index in [-0.39, 0.29) is 5.41 Å². The lowest BCUT2D eigenvalue weighted by molar-refractivity contribution is 0.0850. The van der Waals surface area contributed by atoms with Gasteiger partial charge in [-0.3, -0.25) is 0 Å². The fourth-order valence-electron chi connectivity index (χ4n) is 6.27. The summed E-state index contributed by atoms with van der Waals surface area (Å²) in [5, 5.41) is 2.86. The molecule has 4 heterocycles. The van der Waals surface area contributed by atoms with Crippen molar-refractivity contribution >= 4 is 33.6 Å². The second-order valence-electron chi connectivity index (χ2n) is 10.8. The largest absolute Gasteiger partial charge is 0.373 e. The van der Waals surface area contributed by atoms with Crippen LogP contribution in [-0.4, -0.2) is 21.5 Å². The number of hydrogen-bond acceptors (Lipinski definition) is 2. The molecule has 0 aliphatic carbocycles. The molecule has 2 aromatic carbocycles. The van der Waals surface area contributed by atoms with Crippen molar-refractivity contribution in [2.24, 2.45) is 0 Å². The van der Waals surface area contributed by atoms with Crippen molar-refractivity contribution in [1.29, 1.82) is 0 Å². The third-order valence-corrected chi connectivity index (χ3v) is 8.49. The van der Waals surface area contributed by atoms with Gasteiger partial charge in [-0.1, -0.05) is 58.0 Å². The number of para-hydroxylation sites is 1. The van der Waals surface area contributed by atoms with E-state index in [9.17, 15) is 0 Å². The Bertz CT molecular complexity index is 1350. The molecule has 4 aromatic rings. The predicted molar refractivity (Wildman–Crippen MR) is 141 cm³/mol. The molecule has 0 N–H and O–H groups in total. The van der Waals surface area contributed by atoms with E-state index in [1.807, 2.05) is 0 Å². The first kappa shape index (κ1) is 21.4. The van der Waals surface area contributed by atoms with E-state index in [0.717, 1.165) is 38.5 Å². The van der Waals surface area contributed by atoms with E-state index < -0.39 is 0 Å². The Morgan fingerprint density at radius 2 is 1.79 bits per heavy atom. The SMILES string of the molecule is CC(Cc1ccc2c(C(C)(C)C)c3n(c2c1)CCOC3)c1c2n(c3ccccc13)CCSC2. The fourth-order valence-corrected chi connectivity index (χ4v) is 7.23. The van der Waals surface area contributed by atoms with E-state index >= 15 is 0 Å². The van der Waals surface area contributed by atoms with Gasteiger partial charge in [-0.25, -0.2) is 0 Å². The van der Waals surface area contributed by atoms with Crippen molar-refractivity contribution in [1.82, 2.24) is 9.13 Å². The highest BCUT2D eigenvalue weighted by molar-refractivity contribution is 7.98. The van der Waals surface area contributed by atoms with Crippen molar-refractivity contribution in [3.63, 3.8) is 0 Å². The highest BCUT2D eigenvalue weighted by Gasteiger charge is 2.28. The van der Waals surface area contributed by atoms with Gasteiger partial charge in [0.15, 0.2) is 0 Å². The quantitative estimate of drug-likeness (QED) is 0.329. The molecule has 2 aromatic heterocycles. The summed E-state index contributed by atoms with van der Waals surface area (Å²) < 4.78 is 11.0. The van der Waals surface area contributed by atoms with Crippen LogP contribution >= 0.6 is 11.8 Å². The minimum absolute atomic E-state index is 0.108. The number of benzene rings is 2. The maximum atomic E-state index is 5.87. The molecule has 0 radical (unpaired) electrons. The number of thioether (sulfide) groups is 1. The zero-order valence-electron chi connectivity index (χ0n) is 20.3. The molecule has 0 amide bonds. The Hall–Kier alpha value is -2.17. The minimum atomic E-state index is 0.108. The first-order valence-electron chi connectivity index (χ1n) is 12.3. The first-order chi connectivity index (χ1) is 15.9. The first-order valence-corrected chi connectivity index (χ1v) is 13.5. The average molecular weight is 459 g/mol. The van der Waals surface area contributed by atoms with Crippen LogP contribution in [0.5, 0.6) is 0 Å². The van der Waals surface area contributed by atoms with Gasteiger partial charge in [0.1, 0.15) is 0 Å². The van der Waals surface area contributed by atoms with Crippen LogP contribution in [0, 0.1) is 0 Å². The van der Waals surface area contributed by atoms with Gasteiger partial charge in [-0.05, 0) is 46.6 Å². The van der Waals surface area contributed by atoms with Crippen LogP contribution in [0.15, 0.2) is 42.5 Å². The molecule has 0 fully saturated rings. The smallest absolute Gasteiger partial charge is 0.0872 e. The van der Waals surface area contributed by atoms with Crippen LogP contribution in [0.1, 0.15) is 61.7 Å². The zero-order valence-corrected chi connectivity index (χ0v) is 21.1. The van der Waals surface area contributed by atoms with Crippen molar-refractivity contribution < 1.29 is 4.74 Å². The molecule has 2 aliphatic heterocycles. The van der Waals surface area contributed by atoms with Crippen molar-refractivity contribution in [3.8, 4) is 0 Å². The topological polar surface area (TPSA) is 19.1 Å². The van der Waals surface area contributed by atoms with Crippen LogP contribution in [0.4, 0.5) is 0 Å². The Morgan fingerprint density at radius 3 is 2.64 bits per heavy atom. The molecule has 0 bridgehead atoms. The third-order valence-electron chi connectivity index (χ3n) is 7.54. The molecule has 1 atom stereocenters. The van der Waals surface area contributed by atoms with Crippen LogP contribution in [0.2, 0.25) is 0 Å². The number of ether oxygens (including phenoxy) is 1. The van der Waals surface area contributed by atoms with Crippen LogP contribution in [0.3, 0.4) is 0 Å². The number of fused-ring (bicyclic) bond motifs is 6. The van der Waals surface area contributed by atoms with Crippen molar-refractivity contribution in [2.75, 3.05) is 12.4 Å². The number of nitrogens with zero attached hydrogens (tertiary/aromatic N) is 2. The summed E-state index contributed by atoms with van der Waals surface area (Å²) in [6.07, 6.45) is 1.07. The van der Waals surface area contributed by atoms with E-state index in [4.69, 9.17) is 4.74 Å². The predicted octanol–water partition coefficient (Wildman–Crippen LogP) is 7.02. The molecular formula is C29H34N2OS. The van der Waals surface area contributed by atoms with Crippen LogP contribution in [-0.2, 0) is 42.0 Å². The fraction of sp³-hybridized carbons (Fsp3) is 0.448. The summed E-state index contributed by atoms with van der Waals surface area (Å²) in [4.78, 5) is 0. The van der Waals surface area contributed by atoms with Crippen LogP contribution in [0.25, 0.3) is 21.8 Å². The molecule has 3 nitrogen and oxygen atoms in total. The van der Waals surface area contributed by atoms with Gasteiger partial charge < -0.3 is 13.9 Å². The molecule has 0 saturated carbocycles. The molecule has 33 heavy (non-hydrogen) atoms. The maximum Gasteiger partial charge on any atom is 0.0872 e. The van der Waals surface area contributed by atoms with Gasteiger partial charge >= 0.3 is 0 Å². The molecule has 1 unspecified atom stereocenters. The number of rotatable bonds is 3. The standard InChI is InChI=1S/C29H34N2OS/c1-19(27-21-7-5-6-8-23(21)31-12-14-33-18-26(27)31)15-20-9-10-22-24(16-20)30-11-13-32-17-25(30)28(22)29(2,3)4/h5-10,16,19H,11-15,17-18H2,1-4H3. The Kier molecular flexibility index (Phi) is 5.15. The number of aromatic nitrogens is 2. The Labute approximate surface area is 201 Å². The second-order valence-corrected chi connectivity index (χ2v) is 11.9. The molecule has 2 aliphatic rings. The van der Waals surface area contributed by atoms with Gasteiger partial charge in [0.25, 0.3) is 0 Å². The average Bonchev–Trinajstić information content (AvgIpc) is 3.32. The molecule has 172 valence electrons. The maximum absolute atomic E-state index is 5.87. The van der Waals surface area contributed by atoms with Gasteiger partial charge in [-0.2, -0.15) is 11.8 Å². The van der Waals surface area contributed by atoms with Crippen molar-refractivity contribution in [2.45, 2.75) is 70.9 Å². The summed E-state index contributed by atoms with van der Waals surface area (Å²) in [6, 6.07) is 16.3. The molecular weight excluding hydrogens is 424 g/mol. The van der Waals surface area contributed by atoms with Crippen molar-refractivity contribution in [3.05, 3.63) is 70.5 Å². The lowest BCUT2D eigenvalue weighted by Crippen LogP contribution is -2.20. The lowest BCUT2D eigenvalue weighted by Gasteiger charge is -2.24. The third kappa shape index (κ3) is 3.45. The zero-order chi connectivity index (χ0) is 22.7. The van der Waals surface area contributed by atoms with Crippen LogP contribution < -0.4 is 0 Å². The second kappa shape index (κ2) is 7.95. The van der Waals surface area contributed by atoms with E-state index in [0.29, 0.717) is 5.92 Å². The summed E-state index contributed by atoms with van der Waals surface area (Å²) in [5.41, 5.74) is 10.3. The molecule has 6 rings (SSSR count). The highest BCUT2D eigenvalue weighted by atomic mass is 32.2. The minimum Gasteiger partial charge on any atom is -0.373 e. The van der Waals surface area contributed by atoms with Gasteiger partial charge in [-0.15, -0.1) is 0 Å². The highest BCUT2D eigenvalue weighted by Crippen LogP contribution is 2.40. The van der Waals surface area contributed by atoms with Gasteiger partial charge in [0, 0.05) is 57.8 Å². The molecule has 0 spiro atoms. The van der Waals surface area contributed by atoms with Gasteiger partial charge in [0.2, 0.25) is 0 Å². The summed E-state index contributed by atoms with van der Waals surface area (Å²) in [6.45, 7) is 13.0. The van der Waals surface area contributed by atoms with E-state index in [1.165, 1.54) is 44.4 Å². The summed E-state index contributed by atoms with van der Waals surface area (Å²) >= 11 is 2.08. The number of aryl methyl sites for hydroxylation is 1. The van der Waals surface area contributed by atoms with E-state index in [1.54, 1.807) is 11.3 Å².